The highest BCUT2D eigenvalue weighted by atomic mass is 32.1. The van der Waals surface area contributed by atoms with Crippen LogP contribution >= 0.6 is 11.3 Å². The van der Waals surface area contributed by atoms with E-state index in [9.17, 15) is 4.79 Å². The summed E-state index contributed by atoms with van der Waals surface area (Å²) in [5, 5.41) is 7.04. The Kier molecular flexibility index (Phi) is 2.84. The molecule has 14 heavy (non-hydrogen) atoms. The minimum absolute atomic E-state index is 0.167. The Labute approximate surface area is 87.7 Å². The molecule has 1 saturated heterocycles. The zero-order valence-electron chi connectivity index (χ0n) is 8.19. The zero-order chi connectivity index (χ0) is 9.97. The maximum absolute atomic E-state index is 12.0. The Morgan fingerprint density at radius 1 is 1.71 bits per heavy atom. The molecule has 1 aromatic heterocycles. The van der Waals surface area contributed by atoms with Crippen LogP contribution in [-0.2, 0) is 0 Å². The van der Waals surface area contributed by atoms with E-state index < -0.39 is 0 Å². The summed E-state index contributed by atoms with van der Waals surface area (Å²) in [7, 11) is 0. The summed E-state index contributed by atoms with van der Waals surface area (Å²) >= 11 is 1.57. The maximum atomic E-state index is 12.0. The van der Waals surface area contributed by atoms with E-state index in [1.807, 2.05) is 28.7 Å². The van der Waals surface area contributed by atoms with Gasteiger partial charge in [0.2, 0.25) is 0 Å². The Hall–Kier alpha value is -0.870. The van der Waals surface area contributed by atoms with Gasteiger partial charge in [0.05, 0.1) is 11.6 Å². The largest absolute Gasteiger partial charge is 0.333 e. The van der Waals surface area contributed by atoms with Gasteiger partial charge in [0, 0.05) is 25.0 Å². The van der Waals surface area contributed by atoms with Crippen molar-refractivity contribution in [3.8, 4) is 0 Å². The van der Waals surface area contributed by atoms with Crippen LogP contribution < -0.4 is 5.32 Å². The van der Waals surface area contributed by atoms with Crippen molar-refractivity contribution in [2.24, 2.45) is 0 Å². The molecular formula is C10H14N2OS. The third kappa shape index (κ3) is 1.67. The van der Waals surface area contributed by atoms with Gasteiger partial charge in [0.1, 0.15) is 0 Å². The molecule has 0 saturated carbocycles. The van der Waals surface area contributed by atoms with Gasteiger partial charge in [-0.25, -0.2) is 0 Å². The number of nitrogens with zero attached hydrogens (tertiary/aromatic N) is 1. The van der Waals surface area contributed by atoms with Crippen molar-refractivity contribution in [2.75, 3.05) is 19.6 Å². The zero-order valence-corrected chi connectivity index (χ0v) is 9.01. The highest BCUT2D eigenvalue weighted by molar-refractivity contribution is 7.08. The lowest BCUT2D eigenvalue weighted by molar-refractivity contribution is 0.0631. The van der Waals surface area contributed by atoms with Crippen molar-refractivity contribution in [1.29, 1.82) is 0 Å². The molecule has 0 aliphatic carbocycles. The molecule has 0 atom stereocenters. The smallest absolute Gasteiger partial charge is 0.255 e. The van der Waals surface area contributed by atoms with Crippen LogP contribution in [0.2, 0.25) is 0 Å². The molecule has 0 aromatic carbocycles. The van der Waals surface area contributed by atoms with Gasteiger partial charge in [-0.1, -0.05) is 0 Å². The minimum Gasteiger partial charge on any atom is -0.333 e. The molecule has 3 nitrogen and oxygen atoms in total. The Bertz CT molecular complexity index is 306. The second-order valence-corrected chi connectivity index (χ2v) is 4.20. The van der Waals surface area contributed by atoms with Gasteiger partial charge in [-0.2, -0.15) is 11.3 Å². The third-order valence-corrected chi connectivity index (χ3v) is 3.25. The summed E-state index contributed by atoms with van der Waals surface area (Å²) in [6, 6.07) is 2.29. The molecule has 1 amide bonds. The molecule has 2 rings (SSSR count). The van der Waals surface area contributed by atoms with Gasteiger partial charge in [-0.15, -0.1) is 0 Å². The Balaban J connectivity index is 2.08. The fourth-order valence-electron chi connectivity index (χ4n) is 1.61. The standard InChI is InChI=1S/C10H14N2OS/c1-2-12(9-5-11-6-9)10(13)8-3-4-14-7-8/h3-4,7,9,11H,2,5-6H2,1H3. The molecule has 0 unspecified atom stereocenters. The molecule has 1 N–H and O–H groups in total. The first-order valence-corrected chi connectivity index (χ1v) is 5.81. The van der Waals surface area contributed by atoms with E-state index in [0.717, 1.165) is 25.2 Å². The quantitative estimate of drug-likeness (QED) is 0.812. The molecule has 0 spiro atoms. The average molecular weight is 210 g/mol. The van der Waals surface area contributed by atoms with Gasteiger partial charge >= 0.3 is 0 Å². The van der Waals surface area contributed by atoms with Crippen molar-refractivity contribution in [1.82, 2.24) is 10.2 Å². The number of carbonyl (C=O) groups is 1. The lowest BCUT2D eigenvalue weighted by atomic mass is 10.1. The molecule has 1 aliphatic rings. The van der Waals surface area contributed by atoms with Crippen LogP contribution in [0.3, 0.4) is 0 Å². The molecule has 0 radical (unpaired) electrons. The predicted octanol–water partition coefficient (Wildman–Crippen LogP) is 1.18. The van der Waals surface area contributed by atoms with Crippen LogP contribution in [-0.4, -0.2) is 36.5 Å². The first-order chi connectivity index (χ1) is 6.83. The van der Waals surface area contributed by atoms with Gasteiger partial charge in [-0.3, -0.25) is 4.79 Å². The molecular weight excluding hydrogens is 196 g/mol. The van der Waals surface area contributed by atoms with Gasteiger partial charge in [-0.05, 0) is 18.4 Å². The topological polar surface area (TPSA) is 32.3 Å². The third-order valence-electron chi connectivity index (χ3n) is 2.57. The molecule has 4 heteroatoms. The monoisotopic (exact) mass is 210 g/mol. The second kappa shape index (κ2) is 4.11. The van der Waals surface area contributed by atoms with Crippen molar-refractivity contribution < 1.29 is 4.79 Å². The number of rotatable bonds is 3. The normalized spacial score (nSPS) is 16.4. The second-order valence-electron chi connectivity index (χ2n) is 3.42. The van der Waals surface area contributed by atoms with Crippen LogP contribution in [0.15, 0.2) is 16.8 Å². The summed E-state index contributed by atoms with van der Waals surface area (Å²) in [5.41, 5.74) is 0.823. The lowest BCUT2D eigenvalue weighted by Gasteiger charge is -2.37. The van der Waals surface area contributed by atoms with Crippen LogP contribution in [0.1, 0.15) is 17.3 Å². The molecule has 1 fully saturated rings. The van der Waals surface area contributed by atoms with E-state index in [4.69, 9.17) is 0 Å². The number of hydrogen-bond donors (Lipinski definition) is 1. The number of hydrogen-bond acceptors (Lipinski definition) is 3. The maximum Gasteiger partial charge on any atom is 0.255 e. The van der Waals surface area contributed by atoms with Crippen LogP contribution in [0.5, 0.6) is 0 Å². The highest BCUT2D eigenvalue weighted by Gasteiger charge is 2.27. The van der Waals surface area contributed by atoms with Crippen molar-refractivity contribution in [3.05, 3.63) is 22.4 Å². The van der Waals surface area contributed by atoms with E-state index in [1.165, 1.54) is 0 Å². The highest BCUT2D eigenvalue weighted by Crippen LogP contribution is 2.13. The predicted molar refractivity (Wildman–Crippen MR) is 57.7 cm³/mol. The van der Waals surface area contributed by atoms with Gasteiger partial charge in [0.15, 0.2) is 0 Å². The number of nitrogens with one attached hydrogen (secondary N) is 1. The number of likely N-dealkylation sites (N-methyl/N-ethyl adjacent to an activating group) is 1. The molecule has 2 heterocycles. The summed E-state index contributed by atoms with van der Waals surface area (Å²) < 4.78 is 0. The van der Waals surface area contributed by atoms with E-state index in [-0.39, 0.29) is 5.91 Å². The molecule has 0 bridgehead atoms. The SMILES string of the molecule is CCN(C(=O)c1ccsc1)C1CNC1. The number of amides is 1. The van der Waals surface area contributed by atoms with Crippen molar-refractivity contribution >= 4 is 17.2 Å². The summed E-state index contributed by atoms with van der Waals surface area (Å²) in [6.07, 6.45) is 0. The van der Waals surface area contributed by atoms with Crippen LogP contribution in [0.25, 0.3) is 0 Å². The first-order valence-electron chi connectivity index (χ1n) is 4.86. The molecule has 1 aromatic rings. The lowest BCUT2D eigenvalue weighted by Crippen LogP contribution is -2.58. The molecule has 1 aliphatic heterocycles. The summed E-state index contributed by atoms with van der Waals surface area (Å²) in [6.45, 7) is 4.69. The summed E-state index contributed by atoms with van der Waals surface area (Å²) in [4.78, 5) is 13.9. The van der Waals surface area contributed by atoms with Crippen molar-refractivity contribution in [2.45, 2.75) is 13.0 Å². The number of carbonyl (C=O) groups excluding carboxylic acids is 1. The Morgan fingerprint density at radius 3 is 2.93 bits per heavy atom. The fourth-order valence-corrected chi connectivity index (χ4v) is 2.24. The van der Waals surface area contributed by atoms with Crippen molar-refractivity contribution in [3.63, 3.8) is 0 Å². The minimum atomic E-state index is 0.167. The van der Waals surface area contributed by atoms with E-state index in [0.29, 0.717) is 6.04 Å². The van der Waals surface area contributed by atoms with Gasteiger partial charge < -0.3 is 10.2 Å². The molecule has 76 valence electrons. The van der Waals surface area contributed by atoms with E-state index in [1.54, 1.807) is 11.3 Å². The number of thiophene rings is 1. The van der Waals surface area contributed by atoms with Gasteiger partial charge in [0.25, 0.3) is 5.91 Å². The van der Waals surface area contributed by atoms with Crippen LogP contribution in [0.4, 0.5) is 0 Å². The Morgan fingerprint density at radius 2 is 2.50 bits per heavy atom. The summed E-state index contributed by atoms with van der Waals surface area (Å²) in [5.74, 6) is 0.167. The van der Waals surface area contributed by atoms with E-state index >= 15 is 0 Å². The van der Waals surface area contributed by atoms with Crippen LogP contribution in [0, 0.1) is 0 Å². The van der Waals surface area contributed by atoms with E-state index in [2.05, 4.69) is 5.32 Å². The fraction of sp³-hybridized carbons (Fsp3) is 0.500. The first kappa shape index (κ1) is 9.68. The average Bonchev–Trinajstić information content (AvgIpc) is 2.62.